The van der Waals surface area contributed by atoms with Gasteiger partial charge in [0.15, 0.2) is 5.69 Å². The molecule has 0 atom stereocenters. The third-order valence-electron chi connectivity index (χ3n) is 5.26. The molecular weight excluding hydrogens is 441 g/mol. The molecule has 4 nitrogen and oxygen atoms in total. The highest BCUT2D eigenvalue weighted by molar-refractivity contribution is 6.30. The van der Waals surface area contributed by atoms with Gasteiger partial charge in [-0.2, -0.15) is 18.3 Å². The zero-order chi connectivity index (χ0) is 22.9. The molecule has 0 amide bonds. The minimum atomic E-state index is -4.49. The van der Waals surface area contributed by atoms with Crippen LogP contribution in [0.4, 0.5) is 13.2 Å². The van der Waals surface area contributed by atoms with Crippen molar-refractivity contribution >= 4 is 29.2 Å². The van der Waals surface area contributed by atoms with Crippen LogP contribution in [0, 0.1) is 0 Å². The second-order valence-electron chi connectivity index (χ2n) is 7.43. The molecule has 32 heavy (non-hydrogen) atoms. The molecule has 2 aromatic carbocycles. The SMILES string of the molecule is CCOC(=O)c1nn(-c2cccc(C(F)(F)F)c2)c2c1CCC/C2=C/c1ccc(Cl)cc1. The van der Waals surface area contributed by atoms with Crippen molar-refractivity contribution < 1.29 is 22.7 Å². The van der Waals surface area contributed by atoms with Crippen LogP contribution in [0.2, 0.25) is 5.02 Å². The quantitative estimate of drug-likeness (QED) is 0.412. The number of hydrogen-bond donors (Lipinski definition) is 0. The summed E-state index contributed by atoms with van der Waals surface area (Å²) in [5.74, 6) is -0.581. The fraction of sp³-hybridized carbons (Fsp3) is 0.250. The maximum Gasteiger partial charge on any atom is 0.416 e. The zero-order valence-electron chi connectivity index (χ0n) is 17.2. The first-order valence-electron chi connectivity index (χ1n) is 10.2. The van der Waals surface area contributed by atoms with Crippen LogP contribution in [-0.4, -0.2) is 22.4 Å². The first-order chi connectivity index (χ1) is 15.3. The summed E-state index contributed by atoms with van der Waals surface area (Å²) in [6, 6.07) is 12.2. The summed E-state index contributed by atoms with van der Waals surface area (Å²) in [5, 5.41) is 5.03. The number of nitrogens with zero attached hydrogens (tertiary/aromatic N) is 2. The Morgan fingerprint density at radius 2 is 1.94 bits per heavy atom. The molecule has 8 heteroatoms. The molecule has 0 saturated carbocycles. The molecule has 0 unspecified atom stereocenters. The first kappa shape index (κ1) is 22.1. The number of carbonyl (C=O) groups is 1. The zero-order valence-corrected chi connectivity index (χ0v) is 18.0. The van der Waals surface area contributed by atoms with Crippen molar-refractivity contribution in [1.29, 1.82) is 0 Å². The van der Waals surface area contributed by atoms with E-state index in [1.54, 1.807) is 25.1 Å². The molecule has 1 aliphatic rings. The fourth-order valence-corrected chi connectivity index (χ4v) is 3.98. The fourth-order valence-electron chi connectivity index (χ4n) is 3.86. The van der Waals surface area contributed by atoms with Crippen LogP contribution in [0.3, 0.4) is 0 Å². The Balaban J connectivity index is 1.91. The number of fused-ring (bicyclic) bond motifs is 1. The normalized spacial score (nSPS) is 15.0. The maximum absolute atomic E-state index is 13.3. The van der Waals surface area contributed by atoms with E-state index in [9.17, 15) is 18.0 Å². The average molecular weight is 461 g/mol. The van der Waals surface area contributed by atoms with E-state index in [4.69, 9.17) is 16.3 Å². The van der Waals surface area contributed by atoms with Gasteiger partial charge in [-0.1, -0.05) is 29.8 Å². The third kappa shape index (κ3) is 4.43. The van der Waals surface area contributed by atoms with Crippen LogP contribution in [0.25, 0.3) is 17.3 Å². The van der Waals surface area contributed by atoms with E-state index in [0.717, 1.165) is 29.7 Å². The second-order valence-corrected chi connectivity index (χ2v) is 7.87. The van der Waals surface area contributed by atoms with E-state index in [1.165, 1.54) is 10.7 Å². The minimum Gasteiger partial charge on any atom is -0.461 e. The summed E-state index contributed by atoms with van der Waals surface area (Å²) in [4.78, 5) is 12.6. The molecule has 0 N–H and O–H groups in total. The van der Waals surface area contributed by atoms with E-state index in [1.807, 2.05) is 18.2 Å². The summed E-state index contributed by atoms with van der Waals surface area (Å²) in [6.45, 7) is 1.87. The summed E-state index contributed by atoms with van der Waals surface area (Å²) >= 11 is 5.98. The highest BCUT2D eigenvalue weighted by Gasteiger charge is 2.32. The van der Waals surface area contributed by atoms with Gasteiger partial charge in [-0.15, -0.1) is 0 Å². The number of halogens is 4. The molecular formula is C24H20ClF3N2O2. The smallest absolute Gasteiger partial charge is 0.416 e. The number of rotatable bonds is 4. The molecule has 3 aromatic rings. The Bertz CT molecular complexity index is 1180. The van der Waals surface area contributed by atoms with Gasteiger partial charge in [-0.25, -0.2) is 9.48 Å². The molecule has 0 aliphatic heterocycles. The van der Waals surface area contributed by atoms with Gasteiger partial charge in [0, 0.05) is 10.6 Å². The topological polar surface area (TPSA) is 44.1 Å². The van der Waals surface area contributed by atoms with Crippen LogP contribution in [0.5, 0.6) is 0 Å². The van der Waals surface area contributed by atoms with E-state index >= 15 is 0 Å². The number of hydrogen-bond acceptors (Lipinski definition) is 3. The van der Waals surface area contributed by atoms with Gasteiger partial charge in [0.1, 0.15) is 0 Å². The predicted octanol–water partition coefficient (Wildman–Crippen LogP) is 6.60. The summed E-state index contributed by atoms with van der Waals surface area (Å²) in [6.07, 6.45) is -0.472. The standard InChI is InChI=1S/C24H20ClF3N2O2/c1-2-32-23(31)21-20-8-3-5-16(13-15-9-11-18(25)12-10-15)22(20)30(29-21)19-7-4-6-17(14-19)24(26,27)28/h4,6-7,9-14H,2-3,5,8H2,1H3/b16-13-. The number of carbonyl (C=O) groups excluding carboxylic acids is 1. The van der Waals surface area contributed by atoms with E-state index in [2.05, 4.69) is 5.10 Å². The van der Waals surface area contributed by atoms with Gasteiger partial charge < -0.3 is 4.74 Å². The van der Waals surface area contributed by atoms with Gasteiger partial charge >= 0.3 is 12.1 Å². The Hall–Kier alpha value is -3.06. The van der Waals surface area contributed by atoms with Crippen molar-refractivity contribution in [1.82, 2.24) is 9.78 Å². The lowest BCUT2D eigenvalue weighted by molar-refractivity contribution is -0.137. The van der Waals surface area contributed by atoms with Crippen molar-refractivity contribution in [3.8, 4) is 5.69 Å². The minimum absolute atomic E-state index is 0.140. The second kappa shape index (κ2) is 8.82. The number of esters is 1. The third-order valence-corrected chi connectivity index (χ3v) is 5.51. The number of benzene rings is 2. The summed E-state index contributed by atoms with van der Waals surface area (Å²) in [7, 11) is 0. The van der Waals surface area contributed by atoms with E-state index < -0.39 is 17.7 Å². The highest BCUT2D eigenvalue weighted by Crippen LogP contribution is 2.37. The lowest BCUT2D eigenvalue weighted by atomic mass is 9.89. The van der Waals surface area contributed by atoms with Crippen LogP contribution >= 0.6 is 11.6 Å². The Labute approximate surface area is 188 Å². The Morgan fingerprint density at radius 1 is 1.19 bits per heavy atom. The molecule has 1 heterocycles. The molecule has 0 spiro atoms. The number of allylic oxidation sites excluding steroid dienone is 1. The molecule has 0 radical (unpaired) electrons. The molecule has 1 aliphatic carbocycles. The van der Waals surface area contributed by atoms with Crippen LogP contribution in [0.1, 0.15) is 52.6 Å². The van der Waals surface area contributed by atoms with Gasteiger partial charge in [0.05, 0.1) is 23.6 Å². The van der Waals surface area contributed by atoms with E-state index in [0.29, 0.717) is 29.1 Å². The van der Waals surface area contributed by atoms with Crippen molar-refractivity contribution in [2.75, 3.05) is 6.61 Å². The summed E-state index contributed by atoms with van der Waals surface area (Å²) in [5.41, 5.74) is 2.69. The number of aromatic nitrogens is 2. The van der Waals surface area contributed by atoms with Gasteiger partial charge in [-0.3, -0.25) is 0 Å². The predicted molar refractivity (Wildman–Crippen MR) is 117 cm³/mol. The van der Waals surface area contributed by atoms with Crippen LogP contribution in [0.15, 0.2) is 48.5 Å². The van der Waals surface area contributed by atoms with Crippen LogP contribution in [-0.2, 0) is 17.3 Å². The van der Waals surface area contributed by atoms with Gasteiger partial charge in [-0.05, 0) is 73.7 Å². The highest BCUT2D eigenvalue weighted by atomic mass is 35.5. The van der Waals surface area contributed by atoms with Gasteiger partial charge in [0.25, 0.3) is 0 Å². The molecule has 0 bridgehead atoms. The van der Waals surface area contributed by atoms with Crippen molar-refractivity contribution in [3.05, 3.63) is 81.6 Å². The lowest BCUT2D eigenvalue weighted by Crippen LogP contribution is -2.10. The monoisotopic (exact) mass is 460 g/mol. The lowest BCUT2D eigenvalue weighted by Gasteiger charge is -2.19. The van der Waals surface area contributed by atoms with E-state index in [-0.39, 0.29) is 18.0 Å². The molecule has 0 fully saturated rings. The average Bonchev–Trinajstić information content (AvgIpc) is 3.16. The number of ether oxygens (including phenoxy) is 1. The van der Waals surface area contributed by atoms with Crippen LogP contribution < -0.4 is 0 Å². The largest absolute Gasteiger partial charge is 0.461 e. The maximum atomic E-state index is 13.3. The van der Waals surface area contributed by atoms with Crippen molar-refractivity contribution in [2.45, 2.75) is 32.4 Å². The first-order valence-corrected chi connectivity index (χ1v) is 10.6. The van der Waals surface area contributed by atoms with Gasteiger partial charge in [0.2, 0.25) is 0 Å². The molecule has 4 rings (SSSR count). The van der Waals surface area contributed by atoms with Crippen molar-refractivity contribution in [2.24, 2.45) is 0 Å². The molecule has 1 aromatic heterocycles. The molecule has 166 valence electrons. The summed E-state index contributed by atoms with van der Waals surface area (Å²) < 4.78 is 46.6. The Morgan fingerprint density at radius 3 is 2.62 bits per heavy atom. The van der Waals surface area contributed by atoms with Crippen molar-refractivity contribution in [3.63, 3.8) is 0 Å². The Kier molecular flexibility index (Phi) is 6.11. The molecule has 0 saturated heterocycles. The number of alkyl halides is 3.